The molecule has 0 saturated heterocycles. The molecule has 78 valence electrons. The highest BCUT2D eigenvalue weighted by atomic mass is 32.1. The van der Waals surface area contributed by atoms with Crippen molar-refractivity contribution in [3.63, 3.8) is 0 Å². The van der Waals surface area contributed by atoms with Gasteiger partial charge in [-0.1, -0.05) is 18.7 Å². The van der Waals surface area contributed by atoms with E-state index in [-0.39, 0.29) is 5.76 Å². The van der Waals surface area contributed by atoms with Crippen molar-refractivity contribution in [2.24, 2.45) is 0 Å². The SMILES string of the molecule is C=C/C(=C(/O)C(=O)/C=C\C)c1ccns1. The van der Waals surface area contributed by atoms with E-state index in [4.69, 9.17) is 0 Å². The van der Waals surface area contributed by atoms with Gasteiger partial charge in [0.2, 0.25) is 5.78 Å². The molecule has 1 N–H and O–H groups in total. The van der Waals surface area contributed by atoms with Crippen molar-refractivity contribution in [2.75, 3.05) is 0 Å². The van der Waals surface area contributed by atoms with Gasteiger partial charge >= 0.3 is 0 Å². The molecule has 0 aliphatic rings. The van der Waals surface area contributed by atoms with Crippen LogP contribution in [0.1, 0.15) is 11.8 Å². The molecular formula is C11H11NO2S. The van der Waals surface area contributed by atoms with E-state index < -0.39 is 5.78 Å². The third-order valence-electron chi connectivity index (χ3n) is 1.71. The Bertz CT molecular complexity index is 416. The summed E-state index contributed by atoms with van der Waals surface area (Å²) in [5.74, 6) is -0.729. The lowest BCUT2D eigenvalue weighted by Crippen LogP contribution is -2.00. The van der Waals surface area contributed by atoms with E-state index in [1.165, 1.54) is 23.7 Å². The molecule has 0 spiro atoms. The standard InChI is InChI=1S/C11H11NO2S/c1-3-5-9(13)11(14)8(4-2)10-6-7-12-15-10/h3-7,14H,2H2,1H3/b5-3-,11-8-. The van der Waals surface area contributed by atoms with Crippen LogP contribution in [-0.2, 0) is 4.79 Å². The van der Waals surface area contributed by atoms with Crippen molar-refractivity contribution in [1.82, 2.24) is 4.37 Å². The molecule has 0 saturated carbocycles. The molecule has 0 aliphatic carbocycles. The van der Waals surface area contributed by atoms with E-state index in [1.54, 1.807) is 25.3 Å². The van der Waals surface area contributed by atoms with Gasteiger partial charge in [0.05, 0.1) is 4.88 Å². The van der Waals surface area contributed by atoms with Gasteiger partial charge in [-0.05, 0) is 30.6 Å². The second kappa shape index (κ2) is 5.26. The van der Waals surface area contributed by atoms with Gasteiger partial charge in [-0.3, -0.25) is 4.79 Å². The first-order chi connectivity index (χ1) is 7.20. The van der Waals surface area contributed by atoms with E-state index in [0.29, 0.717) is 5.57 Å². The van der Waals surface area contributed by atoms with E-state index in [9.17, 15) is 9.90 Å². The molecule has 1 heterocycles. The lowest BCUT2D eigenvalue weighted by molar-refractivity contribution is -0.113. The number of nitrogens with zero attached hydrogens (tertiary/aromatic N) is 1. The van der Waals surface area contributed by atoms with Crippen LogP contribution >= 0.6 is 11.5 Å². The van der Waals surface area contributed by atoms with Crippen molar-refractivity contribution in [2.45, 2.75) is 6.92 Å². The molecule has 0 unspecified atom stereocenters. The topological polar surface area (TPSA) is 50.2 Å². The number of aromatic nitrogens is 1. The molecule has 15 heavy (non-hydrogen) atoms. The minimum Gasteiger partial charge on any atom is -0.504 e. The monoisotopic (exact) mass is 221 g/mol. The first-order valence-corrected chi connectivity index (χ1v) is 5.11. The van der Waals surface area contributed by atoms with Crippen LogP contribution in [0.5, 0.6) is 0 Å². The predicted molar refractivity (Wildman–Crippen MR) is 61.7 cm³/mol. The Hall–Kier alpha value is -1.68. The minimum atomic E-state index is -0.430. The average Bonchev–Trinajstić information content (AvgIpc) is 2.72. The summed E-state index contributed by atoms with van der Waals surface area (Å²) < 4.78 is 3.90. The highest BCUT2D eigenvalue weighted by molar-refractivity contribution is 7.07. The first-order valence-electron chi connectivity index (χ1n) is 4.34. The lowest BCUT2D eigenvalue weighted by atomic mass is 10.1. The Labute approximate surface area is 92.2 Å². The van der Waals surface area contributed by atoms with Gasteiger partial charge in [-0.25, -0.2) is 4.37 Å². The van der Waals surface area contributed by atoms with Crippen LogP contribution in [0.2, 0.25) is 0 Å². The van der Waals surface area contributed by atoms with Gasteiger partial charge < -0.3 is 5.11 Å². The van der Waals surface area contributed by atoms with Gasteiger partial charge in [-0.15, -0.1) is 0 Å². The van der Waals surface area contributed by atoms with Crippen LogP contribution in [0.25, 0.3) is 5.57 Å². The molecule has 0 aromatic carbocycles. The summed E-state index contributed by atoms with van der Waals surface area (Å²) in [5, 5.41) is 9.67. The Morgan fingerprint density at radius 1 is 1.67 bits per heavy atom. The molecule has 1 aromatic rings. The van der Waals surface area contributed by atoms with E-state index in [0.717, 1.165) is 4.88 Å². The highest BCUT2D eigenvalue weighted by Crippen LogP contribution is 2.22. The van der Waals surface area contributed by atoms with Crippen molar-refractivity contribution >= 4 is 22.9 Å². The number of aliphatic hydroxyl groups excluding tert-OH is 1. The maximum Gasteiger partial charge on any atom is 0.220 e. The predicted octanol–water partition coefficient (Wildman–Crippen LogP) is 2.74. The number of hydrogen-bond donors (Lipinski definition) is 1. The Morgan fingerprint density at radius 3 is 2.87 bits per heavy atom. The number of carbonyl (C=O) groups excluding carboxylic acids is 1. The Balaban J connectivity index is 3.14. The van der Waals surface area contributed by atoms with E-state index in [2.05, 4.69) is 11.0 Å². The molecule has 1 aromatic heterocycles. The number of allylic oxidation sites excluding steroid dienone is 4. The number of carbonyl (C=O) groups is 1. The largest absolute Gasteiger partial charge is 0.504 e. The summed E-state index contributed by atoms with van der Waals surface area (Å²) in [6, 6.07) is 1.72. The summed E-state index contributed by atoms with van der Waals surface area (Å²) in [5.41, 5.74) is 0.417. The normalized spacial score (nSPS) is 12.6. The fourth-order valence-electron chi connectivity index (χ4n) is 1.03. The zero-order valence-corrected chi connectivity index (χ0v) is 9.12. The summed E-state index contributed by atoms with van der Waals surface area (Å²) in [4.78, 5) is 12.1. The highest BCUT2D eigenvalue weighted by Gasteiger charge is 2.11. The second-order valence-electron chi connectivity index (χ2n) is 2.71. The maximum atomic E-state index is 11.4. The number of hydrogen-bond acceptors (Lipinski definition) is 4. The second-order valence-corrected chi connectivity index (χ2v) is 3.54. The van der Waals surface area contributed by atoms with Gasteiger partial charge in [0.1, 0.15) is 0 Å². The zero-order valence-electron chi connectivity index (χ0n) is 8.30. The molecule has 0 amide bonds. The van der Waals surface area contributed by atoms with E-state index >= 15 is 0 Å². The van der Waals surface area contributed by atoms with E-state index in [1.807, 2.05) is 0 Å². The van der Waals surface area contributed by atoms with Crippen molar-refractivity contribution in [3.8, 4) is 0 Å². The van der Waals surface area contributed by atoms with Gasteiger partial charge in [0.25, 0.3) is 0 Å². The molecule has 0 bridgehead atoms. The minimum absolute atomic E-state index is 0.299. The van der Waals surface area contributed by atoms with Crippen molar-refractivity contribution in [3.05, 3.63) is 47.7 Å². The number of ketones is 1. The Kier molecular flexibility index (Phi) is 4.00. The quantitative estimate of drug-likeness (QED) is 0.483. The fraction of sp³-hybridized carbons (Fsp3) is 0.0909. The Morgan fingerprint density at radius 2 is 2.40 bits per heavy atom. The smallest absolute Gasteiger partial charge is 0.220 e. The van der Waals surface area contributed by atoms with Crippen LogP contribution < -0.4 is 0 Å². The van der Waals surface area contributed by atoms with Crippen LogP contribution in [0.15, 0.2) is 42.8 Å². The molecule has 0 aliphatic heterocycles. The molecule has 1 rings (SSSR count). The summed E-state index contributed by atoms with van der Waals surface area (Å²) >= 11 is 1.20. The third-order valence-corrected chi connectivity index (χ3v) is 2.49. The summed E-state index contributed by atoms with van der Waals surface area (Å²) in [7, 11) is 0. The third kappa shape index (κ3) is 2.63. The van der Waals surface area contributed by atoms with Gasteiger partial charge in [0, 0.05) is 11.8 Å². The molecule has 0 atom stereocenters. The van der Waals surface area contributed by atoms with Crippen LogP contribution in [-0.4, -0.2) is 15.3 Å². The molecule has 4 heteroatoms. The van der Waals surface area contributed by atoms with Gasteiger partial charge in [-0.2, -0.15) is 0 Å². The molecule has 3 nitrogen and oxygen atoms in total. The first kappa shape index (κ1) is 11.4. The van der Waals surface area contributed by atoms with Crippen LogP contribution in [0, 0.1) is 0 Å². The van der Waals surface area contributed by atoms with Crippen molar-refractivity contribution < 1.29 is 9.90 Å². The summed E-state index contributed by atoms with van der Waals surface area (Å²) in [6.07, 6.45) is 5.94. The van der Waals surface area contributed by atoms with Crippen molar-refractivity contribution in [1.29, 1.82) is 0 Å². The van der Waals surface area contributed by atoms with Crippen LogP contribution in [0.3, 0.4) is 0 Å². The molecule has 0 radical (unpaired) electrons. The summed E-state index contributed by atoms with van der Waals surface area (Å²) in [6.45, 7) is 5.28. The molecule has 0 fully saturated rings. The number of aliphatic hydroxyl groups is 1. The zero-order chi connectivity index (χ0) is 11.3. The maximum absolute atomic E-state index is 11.4. The lowest BCUT2D eigenvalue weighted by Gasteiger charge is -2.00. The van der Waals surface area contributed by atoms with Crippen LogP contribution in [0.4, 0.5) is 0 Å². The van der Waals surface area contributed by atoms with Gasteiger partial charge in [0.15, 0.2) is 5.76 Å². The fourth-order valence-corrected chi connectivity index (χ4v) is 1.67. The number of rotatable bonds is 4. The average molecular weight is 221 g/mol. The molecular weight excluding hydrogens is 210 g/mol.